The number of rotatable bonds is 1. The maximum atomic E-state index is 4.27. The van der Waals surface area contributed by atoms with E-state index in [1.54, 1.807) is 0 Å². The molecule has 13 heavy (non-hydrogen) atoms. The minimum absolute atomic E-state index is 0.959. The van der Waals surface area contributed by atoms with Crippen molar-refractivity contribution in [1.82, 2.24) is 4.98 Å². The molecule has 0 aromatic carbocycles. The Hall–Kier alpha value is -1.51. The van der Waals surface area contributed by atoms with Gasteiger partial charge in [0, 0.05) is 6.20 Å². The largest absolute Gasteiger partial charge is 0.377 e. The Balaban J connectivity index is 2.25. The van der Waals surface area contributed by atoms with Gasteiger partial charge >= 0.3 is 0 Å². The fourth-order valence-electron chi connectivity index (χ4n) is 1.21. The van der Waals surface area contributed by atoms with Crippen LogP contribution in [0.25, 0.3) is 0 Å². The first-order chi connectivity index (χ1) is 6.36. The van der Waals surface area contributed by atoms with Gasteiger partial charge in [0.25, 0.3) is 7.41 Å². The molecule has 0 spiro atoms. The van der Waals surface area contributed by atoms with E-state index in [4.69, 9.17) is 0 Å². The number of aromatic nitrogens is 1. The van der Waals surface area contributed by atoms with Crippen molar-refractivity contribution >= 4 is 13.2 Å². The van der Waals surface area contributed by atoms with Crippen molar-refractivity contribution in [3.8, 4) is 0 Å². The molecule has 1 radical (unpaired) electrons. The van der Waals surface area contributed by atoms with Gasteiger partial charge < -0.3 is 4.81 Å². The topological polar surface area (TPSA) is 16.1 Å². The van der Waals surface area contributed by atoms with Crippen molar-refractivity contribution in [2.24, 2.45) is 0 Å². The summed E-state index contributed by atoms with van der Waals surface area (Å²) in [5.74, 6) is 2.95. The third-order valence-electron chi connectivity index (χ3n) is 1.88. The van der Waals surface area contributed by atoms with E-state index in [-0.39, 0.29) is 0 Å². The van der Waals surface area contributed by atoms with E-state index in [0.717, 1.165) is 5.82 Å². The van der Waals surface area contributed by atoms with Crippen LogP contribution < -0.4 is 4.81 Å². The van der Waals surface area contributed by atoms with Crippen LogP contribution in [0.4, 0.5) is 5.82 Å². The first-order valence-corrected chi connectivity index (χ1v) is 4.25. The summed E-state index contributed by atoms with van der Waals surface area (Å²) in [7, 11) is 1.99. The van der Waals surface area contributed by atoms with Crippen LogP contribution >= 0.6 is 0 Å². The van der Waals surface area contributed by atoms with E-state index in [9.17, 15) is 0 Å². The van der Waals surface area contributed by atoms with Crippen LogP contribution in [0.1, 0.15) is 5.56 Å². The molecule has 0 unspecified atom stereocenters. The highest BCUT2D eigenvalue weighted by Crippen LogP contribution is 2.12. The van der Waals surface area contributed by atoms with Crippen LogP contribution in [-0.4, -0.2) is 12.4 Å². The number of pyridine rings is 1. The Morgan fingerprint density at radius 3 is 3.00 bits per heavy atom. The maximum Gasteiger partial charge on any atom is 0.284 e. The molecule has 1 aliphatic heterocycles. The second kappa shape index (κ2) is 3.48. The maximum absolute atomic E-state index is 4.27. The van der Waals surface area contributed by atoms with Crippen LogP contribution in [0.2, 0.25) is 0 Å². The van der Waals surface area contributed by atoms with Gasteiger partial charge in [0.1, 0.15) is 5.82 Å². The minimum atomic E-state index is 0.959. The predicted octanol–water partition coefficient (Wildman–Crippen LogP) is 1.86. The molecule has 0 amide bonds. The van der Waals surface area contributed by atoms with Gasteiger partial charge in [0.15, 0.2) is 0 Å². The van der Waals surface area contributed by atoms with Crippen molar-refractivity contribution < 1.29 is 0 Å². The van der Waals surface area contributed by atoms with Gasteiger partial charge in [-0.05, 0) is 36.9 Å². The van der Waals surface area contributed by atoms with E-state index in [0.29, 0.717) is 0 Å². The van der Waals surface area contributed by atoms with E-state index in [2.05, 4.69) is 18.0 Å². The summed E-state index contributed by atoms with van der Waals surface area (Å²) in [5.41, 5.74) is 1.22. The molecular formula is C10H10BN2. The molecule has 2 heterocycles. The molecule has 3 heteroatoms. The molecule has 63 valence electrons. The first-order valence-electron chi connectivity index (χ1n) is 4.25. The van der Waals surface area contributed by atoms with Gasteiger partial charge in [-0.25, -0.2) is 4.98 Å². The highest BCUT2D eigenvalue weighted by atomic mass is 15.1. The van der Waals surface area contributed by atoms with Crippen LogP contribution in [0.3, 0.4) is 0 Å². The highest BCUT2D eigenvalue weighted by Gasteiger charge is 2.05. The van der Waals surface area contributed by atoms with Crippen molar-refractivity contribution in [3.63, 3.8) is 0 Å². The molecule has 0 saturated heterocycles. The average molecular weight is 169 g/mol. The summed E-state index contributed by atoms with van der Waals surface area (Å²) in [6, 6.07) is 4.05. The van der Waals surface area contributed by atoms with Gasteiger partial charge in [-0.3, -0.25) is 0 Å². The summed E-state index contributed by atoms with van der Waals surface area (Å²) in [6.45, 7) is 2.06. The molecular weight excluding hydrogens is 159 g/mol. The smallest absolute Gasteiger partial charge is 0.284 e. The van der Waals surface area contributed by atoms with Crippen molar-refractivity contribution in [2.75, 3.05) is 4.81 Å². The molecule has 0 saturated carbocycles. The lowest BCUT2D eigenvalue weighted by Crippen LogP contribution is -2.22. The van der Waals surface area contributed by atoms with Gasteiger partial charge in [0.2, 0.25) is 0 Å². The number of hydrogen-bond acceptors (Lipinski definition) is 2. The number of nitrogens with zero attached hydrogens (tertiary/aromatic N) is 2. The predicted molar refractivity (Wildman–Crippen MR) is 55.5 cm³/mol. The summed E-state index contributed by atoms with van der Waals surface area (Å²) in [4.78, 5) is 6.27. The quantitative estimate of drug-likeness (QED) is 0.596. The lowest BCUT2D eigenvalue weighted by Gasteiger charge is -2.18. The second-order valence-electron chi connectivity index (χ2n) is 2.97. The highest BCUT2D eigenvalue weighted by molar-refractivity contribution is 6.48. The Kier molecular flexibility index (Phi) is 2.17. The zero-order chi connectivity index (χ0) is 9.10. The van der Waals surface area contributed by atoms with E-state index in [1.807, 2.05) is 48.8 Å². The molecule has 0 atom stereocenters. The molecule has 0 aliphatic carbocycles. The zero-order valence-electron chi connectivity index (χ0n) is 7.51. The lowest BCUT2D eigenvalue weighted by atomic mass is 9.89. The fourth-order valence-corrected chi connectivity index (χ4v) is 1.21. The third kappa shape index (κ3) is 1.80. The SMILES string of the molecule is Cc1ccnc(N2[B]C=CC=C2)c1. The molecule has 1 aromatic heterocycles. The molecule has 0 N–H and O–H groups in total. The normalized spacial score (nSPS) is 14.4. The van der Waals surface area contributed by atoms with Crippen LogP contribution in [0.15, 0.2) is 42.7 Å². The van der Waals surface area contributed by atoms with Crippen molar-refractivity contribution in [2.45, 2.75) is 6.92 Å². The Labute approximate surface area is 78.9 Å². The number of aryl methyl sites for hydroxylation is 1. The Bertz CT molecular complexity index is 358. The molecule has 1 aliphatic rings. The Morgan fingerprint density at radius 2 is 2.31 bits per heavy atom. The standard InChI is InChI=1S/C10H10BN2/c1-9-4-6-12-10(8-9)13-7-3-2-5-11-13/h2-8H,1H3. The van der Waals surface area contributed by atoms with Crippen molar-refractivity contribution in [3.05, 3.63) is 48.2 Å². The monoisotopic (exact) mass is 169 g/mol. The first kappa shape index (κ1) is 8.11. The zero-order valence-corrected chi connectivity index (χ0v) is 7.51. The van der Waals surface area contributed by atoms with Gasteiger partial charge in [-0.2, -0.15) is 0 Å². The van der Waals surface area contributed by atoms with E-state index >= 15 is 0 Å². The molecule has 2 nitrogen and oxygen atoms in total. The molecule has 1 aromatic rings. The fraction of sp³-hybridized carbons (Fsp3) is 0.100. The van der Waals surface area contributed by atoms with Crippen molar-refractivity contribution in [1.29, 1.82) is 0 Å². The van der Waals surface area contributed by atoms with E-state index < -0.39 is 0 Å². The minimum Gasteiger partial charge on any atom is -0.377 e. The summed E-state index contributed by atoms with van der Waals surface area (Å²) < 4.78 is 0. The summed E-state index contributed by atoms with van der Waals surface area (Å²) >= 11 is 0. The summed E-state index contributed by atoms with van der Waals surface area (Å²) in [5, 5.41) is 0. The molecule has 0 bridgehead atoms. The molecule has 2 rings (SSSR count). The van der Waals surface area contributed by atoms with Crippen LogP contribution in [-0.2, 0) is 0 Å². The molecule has 0 fully saturated rings. The number of allylic oxidation sites excluding steroid dienone is 2. The van der Waals surface area contributed by atoms with Crippen LogP contribution in [0, 0.1) is 6.92 Å². The van der Waals surface area contributed by atoms with E-state index in [1.165, 1.54) is 5.56 Å². The average Bonchev–Trinajstić information content (AvgIpc) is 2.19. The second-order valence-corrected chi connectivity index (χ2v) is 2.97. The van der Waals surface area contributed by atoms with Crippen LogP contribution in [0.5, 0.6) is 0 Å². The Morgan fingerprint density at radius 1 is 1.38 bits per heavy atom. The number of hydrogen-bond donors (Lipinski definition) is 0. The van der Waals surface area contributed by atoms with Gasteiger partial charge in [-0.15, -0.1) is 0 Å². The summed E-state index contributed by atoms with van der Waals surface area (Å²) in [6.07, 6.45) is 7.79. The number of anilines is 1. The third-order valence-corrected chi connectivity index (χ3v) is 1.88. The van der Waals surface area contributed by atoms with Gasteiger partial charge in [0.05, 0.1) is 0 Å². The lowest BCUT2D eigenvalue weighted by molar-refractivity contribution is 1.21. The van der Waals surface area contributed by atoms with Gasteiger partial charge in [-0.1, -0.05) is 12.1 Å².